The van der Waals surface area contributed by atoms with Crippen LogP contribution in [-0.4, -0.2) is 25.7 Å². The van der Waals surface area contributed by atoms with Crippen LogP contribution in [0.25, 0.3) is 0 Å². The summed E-state index contributed by atoms with van der Waals surface area (Å²) in [5.41, 5.74) is 0. The zero-order chi connectivity index (χ0) is 13.4. The van der Waals surface area contributed by atoms with Crippen molar-refractivity contribution in [1.29, 1.82) is 0 Å². The van der Waals surface area contributed by atoms with Crippen LogP contribution in [-0.2, 0) is 19.1 Å². The van der Waals surface area contributed by atoms with Gasteiger partial charge in [-0.05, 0) is 25.2 Å². The van der Waals surface area contributed by atoms with Gasteiger partial charge in [-0.15, -0.1) is 0 Å². The first-order valence-corrected chi connectivity index (χ1v) is 6.92. The Morgan fingerprint density at radius 3 is 2.44 bits per heavy atom. The second kappa shape index (κ2) is 8.11. The van der Waals surface area contributed by atoms with E-state index in [0.29, 0.717) is 5.92 Å². The molecule has 104 valence electrons. The monoisotopic (exact) mass is 256 g/mol. The minimum absolute atomic E-state index is 0.0417. The molecule has 0 spiro atoms. The largest absolute Gasteiger partial charge is 0.466 e. The summed E-state index contributed by atoms with van der Waals surface area (Å²) in [6, 6.07) is 0. The zero-order valence-corrected chi connectivity index (χ0v) is 11.4. The molecule has 1 saturated carbocycles. The lowest BCUT2D eigenvalue weighted by Crippen LogP contribution is -2.29. The maximum Gasteiger partial charge on any atom is 0.344 e. The Balaban J connectivity index is 2.48. The number of hydrogen-bond donors (Lipinski definition) is 0. The van der Waals surface area contributed by atoms with E-state index >= 15 is 0 Å². The van der Waals surface area contributed by atoms with Crippen molar-refractivity contribution in [3.05, 3.63) is 0 Å². The Kier molecular flexibility index (Phi) is 6.76. The molecule has 1 aliphatic rings. The molecular weight excluding hydrogens is 232 g/mol. The Morgan fingerprint density at radius 2 is 1.89 bits per heavy atom. The van der Waals surface area contributed by atoms with Crippen molar-refractivity contribution in [1.82, 2.24) is 0 Å². The van der Waals surface area contributed by atoms with Crippen molar-refractivity contribution in [3.63, 3.8) is 0 Å². The summed E-state index contributed by atoms with van der Waals surface area (Å²) in [5.74, 6) is -0.333. The number of esters is 2. The fraction of sp³-hybridized carbons (Fsp3) is 0.857. The van der Waals surface area contributed by atoms with Crippen LogP contribution in [0.2, 0.25) is 0 Å². The van der Waals surface area contributed by atoms with E-state index in [1.165, 1.54) is 26.4 Å². The van der Waals surface area contributed by atoms with Crippen LogP contribution in [0.1, 0.15) is 51.9 Å². The Morgan fingerprint density at radius 1 is 1.22 bits per heavy atom. The molecule has 0 bridgehead atoms. The average Bonchev–Trinajstić information content (AvgIpc) is 2.42. The van der Waals surface area contributed by atoms with Gasteiger partial charge in [0.05, 0.1) is 13.0 Å². The Hall–Kier alpha value is -1.06. The molecule has 4 nitrogen and oxygen atoms in total. The number of methoxy groups -OCH3 is 1. The quantitative estimate of drug-likeness (QED) is 0.686. The lowest BCUT2D eigenvalue weighted by molar-refractivity contribution is -0.161. The molecule has 4 heteroatoms. The molecule has 0 aromatic rings. The predicted octanol–water partition coefficient (Wildman–Crippen LogP) is 2.70. The normalized spacial score (nSPS) is 18.1. The van der Waals surface area contributed by atoms with Crippen LogP contribution < -0.4 is 0 Å². The molecule has 1 atom stereocenters. The highest BCUT2D eigenvalue weighted by Crippen LogP contribution is 2.33. The fourth-order valence-electron chi connectivity index (χ4n) is 2.69. The first-order valence-electron chi connectivity index (χ1n) is 6.92. The van der Waals surface area contributed by atoms with Crippen molar-refractivity contribution in [2.24, 2.45) is 11.8 Å². The molecular formula is C14H24O4. The van der Waals surface area contributed by atoms with E-state index in [2.05, 4.69) is 11.7 Å². The summed E-state index contributed by atoms with van der Waals surface area (Å²) in [6.07, 6.45) is 7.71. The van der Waals surface area contributed by atoms with Gasteiger partial charge < -0.3 is 9.47 Å². The highest BCUT2D eigenvalue weighted by molar-refractivity contribution is 5.77. The summed E-state index contributed by atoms with van der Waals surface area (Å²) in [6.45, 7) is 1.81. The van der Waals surface area contributed by atoms with Crippen LogP contribution in [0.5, 0.6) is 0 Å². The summed E-state index contributed by atoms with van der Waals surface area (Å²) >= 11 is 0. The van der Waals surface area contributed by atoms with E-state index in [9.17, 15) is 9.59 Å². The van der Waals surface area contributed by atoms with Crippen LogP contribution in [0.4, 0.5) is 0 Å². The second-order valence-electron chi connectivity index (χ2n) is 4.98. The fourth-order valence-corrected chi connectivity index (χ4v) is 2.69. The highest BCUT2D eigenvalue weighted by Gasteiger charge is 2.30. The van der Waals surface area contributed by atoms with Gasteiger partial charge in [0.2, 0.25) is 0 Å². The summed E-state index contributed by atoms with van der Waals surface area (Å²) in [7, 11) is 1.29. The topological polar surface area (TPSA) is 52.6 Å². The number of hydrogen-bond acceptors (Lipinski definition) is 4. The van der Waals surface area contributed by atoms with E-state index in [-0.39, 0.29) is 18.5 Å². The molecule has 0 heterocycles. The van der Waals surface area contributed by atoms with Crippen molar-refractivity contribution < 1.29 is 19.1 Å². The predicted molar refractivity (Wildman–Crippen MR) is 67.9 cm³/mol. The molecule has 1 rings (SSSR count). The summed E-state index contributed by atoms with van der Waals surface area (Å²) < 4.78 is 9.52. The Labute approximate surface area is 109 Å². The molecule has 0 aromatic carbocycles. The van der Waals surface area contributed by atoms with E-state index in [1.807, 2.05) is 0 Å². The van der Waals surface area contributed by atoms with Crippen LogP contribution in [0.3, 0.4) is 0 Å². The molecule has 1 aliphatic carbocycles. The summed E-state index contributed by atoms with van der Waals surface area (Å²) in [4.78, 5) is 23.0. The third-order valence-corrected chi connectivity index (χ3v) is 3.68. The maximum absolute atomic E-state index is 12.0. The van der Waals surface area contributed by atoms with Gasteiger partial charge in [-0.2, -0.15) is 0 Å². The summed E-state index contributed by atoms with van der Waals surface area (Å²) in [5, 5.41) is 0. The molecule has 0 radical (unpaired) electrons. The minimum atomic E-state index is -0.498. The SMILES string of the molecule is CCCC(C(=O)OCC(=O)OC)C1CCCCC1. The third-order valence-electron chi connectivity index (χ3n) is 3.68. The molecule has 0 aliphatic heterocycles. The molecule has 0 N–H and O–H groups in total. The van der Waals surface area contributed by atoms with Gasteiger partial charge >= 0.3 is 11.9 Å². The first-order chi connectivity index (χ1) is 8.69. The van der Waals surface area contributed by atoms with E-state index in [0.717, 1.165) is 25.7 Å². The third kappa shape index (κ3) is 4.67. The van der Waals surface area contributed by atoms with Crippen molar-refractivity contribution in [2.75, 3.05) is 13.7 Å². The number of carbonyl (C=O) groups is 2. The van der Waals surface area contributed by atoms with Crippen molar-refractivity contribution in [2.45, 2.75) is 51.9 Å². The van der Waals surface area contributed by atoms with Crippen LogP contribution in [0, 0.1) is 11.8 Å². The standard InChI is InChI=1S/C14H24O4/c1-3-7-12(11-8-5-4-6-9-11)14(16)18-10-13(15)17-2/h11-12H,3-10H2,1-2H3. The first kappa shape index (κ1) is 15.0. The minimum Gasteiger partial charge on any atom is -0.466 e. The van der Waals surface area contributed by atoms with Gasteiger partial charge in [-0.25, -0.2) is 4.79 Å². The Bertz CT molecular complexity index is 269. The maximum atomic E-state index is 12.0. The van der Waals surface area contributed by atoms with Crippen LogP contribution in [0.15, 0.2) is 0 Å². The number of carbonyl (C=O) groups excluding carboxylic acids is 2. The number of rotatable bonds is 6. The molecule has 0 aromatic heterocycles. The number of ether oxygens (including phenoxy) is 2. The molecule has 0 saturated heterocycles. The molecule has 18 heavy (non-hydrogen) atoms. The van der Waals surface area contributed by atoms with Gasteiger partial charge in [0.1, 0.15) is 0 Å². The molecule has 1 fully saturated rings. The van der Waals surface area contributed by atoms with Gasteiger partial charge in [-0.3, -0.25) is 4.79 Å². The average molecular weight is 256 g/mol. The van der Waals surface area contributed by atoms with E-state index in [4.69, 9.17) is 4.74 Å². The lowest BCUT2D eigenvalue weighted by atomic mass is 9.78. The van der Waals surface area contributed by atoms with Crippen LogP contribution >= 0.6 is 0 Å². The zero-order valence-electron chi connectivity index (χ0n) is 11.4. The van der Waals surface area contributed by atoms with Gasteiger partial charge in [0, 0.05) is 0 Å². The smallest absolute Gasteiger partial charge is 0.344 e. The van der Waals surface area contributed by atoms with Crippen molar-refractivity contribution in [3.8, 4) is 0 Å². The van der Waals surface area contributed by atoms with Gasteiger partial charge in [0.25, 0.3) is 0 Å². The van der Waals surface area contributed by atoms with Gasteiger partial charge in [-0.1, -0.05) is 32.6 Å². The van der Waals surface area contributed by atoms with Crippen molar-refractivity contribution >= 4 is 11.9 Å². The molecule has 0 amide bonds. The van der Waals surface area contributed by atoms with Gasteiger partial charge in [0.15, 0.2) is 6.61 Å². The van der Waals surface area contributed by atoms with E-state index in [1.54, 1.807) is 0 Å². The van der Waals surface area contributed by atoms with E-state index < -0.39 is 5.97 Å². The second-order valence-corrected chi connectivity index (χ2v) is 4.98. The molecule has 1 unspecified atom stereocenters. The lowest BCUT2D eigenvalue weighted by Gasteiger charge is -2.28. The highest BCUT2D eigenvalue weighted by atomic mass is 16.6.